The minimum Gasteiger partial charge on any atom is -0.462 e. The lowest BCUT2D eigenvalue weighted by atomic mass is 10.1. The summed E-state index contributed by atoms with van der Waals surface area (Å²) < 4.78 is 15.4. The first-order chi connectivity index (χ1) is 15.0. The average molecular weight is 444 g/mol. The summed E-state index contributed by atoms with van der Waals surface area (Å²) in [6, 6.07) is 7.03. The number of fused-ring (bicyclic) bond motifs is 1. The van der Waals surface area contributed by atoms with Gasteiger partial charge in [0.25, 0.3) is 0 Å². The van der Waals surface area contributed by atoms with Crippen LogP contribution < -0.4 is 5.32 Å². The van der Waals surface area contributed by atoms with Gasteiger partial charge in [-0.3, -0.25) is 0 Å². The molecule has 3 aromatic rings. The van der Waals surface area contributed by atoms with E-state index < -0.39 is 5.97 Å². The van der Waals surface area contributed by atoms with Gasteiger partial charge in [-0.1, -0.05) is 19.4 Å². The van der Waals surface area contributed by atoms with Crippen molar-refractivity contribution < 1.29 is 23.8 Å². The Balaban J connectivity index is 1.83. The second kappa shape index (κ2) is 10.8. The number of carbonyl (C=O) groups is 2. The molecule has 0 unspecified atom stereocenters. The molecule has 2 heterocycles. The standard InChI is InChI=1S/C22H25N3O5S/c1-4-5-9-29-21(26)15-7-6-8-16(12-15)25-19-17-14(2)18(22(27)30-11-10-28-3)31-20(17)24-13-23-19/h6-8,12-13H,4-5,9-11H2,1-3H3,(H,23,24,25). The predicted molar refractivity (Wildman–Crippen MR) is 119 cm³/mol. The van der Waals surface area contributed by atoms with Crippen LogP contribution in [0, 0.1) is 6.92 Å². The van der Waals surface area contributed by atoms with Crippen LogP contribution >= 0.6 is 11.3 Å². The highest BCUT2D eigenvalue weighted by molar-refractivity contribution is 7.20. The van der Waals surface area contributed by atoms with Crippen LogP contribution in [0.1, 0.15) is 45.4 Å². The molecule has 0 aliphatic heterocycles. The number of aromatic nitrogens is 2. The van der Waals surface area contributed by atoms with E-state index in [0.717, 1.165) is 23.8 Å². The van der Waals surface area contributed by atoms with Gasteiger partial charge in [-0.25, -0.2) is 19.6 Å². The zero-order valence-electron chi connectivity index (χ0n) is 17.8. The maximum absolute atomic E-state index is 12.4. The third-order valence-electron chi connectivity index (χ3n) is 4.52. The van der Waals surface area contributed by atoms with Crippen molar-refractivity contribution in [1.82, 2.24) is 9.97 Å². The number of anilines is 2. The summed E-state index contributed by atoms with van der Waals surface area (Å²) in [6.07, 6.45) is 3.22. The van der Waals surface area contributed by atoms with E-state index in [-0.39, 0.29) is 12.6 Å². The molecule has 1 aromatic carbocycles. The van der Waals surface area contributed by atoms with Crippen LogP contribution in [0.3, 0.4) is 0 Å². The van der Waals surface area contributed by atoms with Crippen molar-refractivity contribution in [2.24, 2.45) is 0 Å². The molecule has 0 spiro atoms. The highest BCUT2D eigenvalue weighted by Gasteiger charge is 2.20. The average Bonchev–Trinajstić information content (AvgIpc) is 3.12. The Morgan fingerprint density at radius 1 is 1.10 bits per heavy atom. The number of carbonyl (C=O) groups excluding carboxylic acids is 2. The molecule has 2 aromatic heterocycles. The topological polar surface area (TPSA) is 99.6 Å². The van der Waals surface area contributed by atoms with Crippen molar-refractivity contribution in [3.63, 3.8) is 0 Å². The Morgan fingerprint density at radius 3 is 2.68 bits per heavy atom. The molecule has 1 N–H and O–H groups in total. The van der Waals surface area contributed by atoms with Gasteiger partial charge in [-0.2, -0.15) is 0 Å². The number of nitrogens with one attached hydrogen (secondary N) is 1. The lowest BCUT2D eigenvalue weighted by Gasteiger charge is -2.09. The predicted octanol–water partition coefficient (Wildman–Crippen LogP) is 4.50. The van der Waals surface area contributed by atoms with Crippen molar-refractivity contribution >= 4 is 45.0 Å². The van der Waals surface area contributed by atoms with Gasteiger partial charge in [-0.05, 0) is 37.1 Å². The molecule has 0 atom stereocenters. The van der Waals surface area contributed by atoms with Gasteiger partial charge in [0.15, 0.2) is 0 Å². The maximum Gasteiger partial charge on any atom is 0.348 e. The number of esters is 2. The quantitative estimate of drug-likeness (QED) is 0.361. The van der Waals surface area contributed by atoms with Crippen LogP contribution in [-0.2, 0) is 14.2 Å². The van der Waals surface area contributed by atoms with Crippen LogP contribution in [0.15, 0.2) is 30.6 Å². The normalized spacial score (nSPS) is 10.8. The molecule has 164 valence electrons. The van der Waals surface area contributed by atoms with Gasteiger partial charge in [0.05, 0.1) is 24.2 Å². The van der Waals surface area contributed by atoms with Crippen molar-refractivity contribution in [3.05, 3.63) is 46.6 Å². The number of thiophene rings is 1. The van der Waals surface area contributed by atoms with Crippen LogP contribution in [0.4, 0.5) is 11.5 Å². The number of hydrogen-bond donors (Lipinski definition) is 1. The van der Waals surface area contributed by atoms with E-state index in [9.17, 15) is 9.59 Å². The highest BCUT2D eigenvalue weighted by atomic mass is 32.1. The van der Waals surface area contributed by atoms with Crippen LogP contribution in [0.2, 0.25) is 0 Å². The minimum absolute atomic E-state index is 0.182. The molecule has 0 amide bonds. The fourth-order valence-electron chi connectivity index (χ4n) is 2.90. The molecule has 0 aliphatic rings. The molecular weight excluding hydrogens is 418 g/mol. The van der Waals surface area contributed by atoms with E-state index in [4.69, 9.17) is 14.2 Å². The van der Waals surface area contributed by atoms with E-state index in [2.05, 4.69) is 15.3 Å². The molecule has 31 heavy (non-hydrogen) atoms. The summed E-state index contributed by atoms with van der Waals surface area (Å²) in [5.74, 6) is -0.232. The molecule has 8 nitrogen and oxygen atoms in total. The Kier molecular flexibility index (Phi) is 7.91. The number of hydrogen-bond acceptors (Lipinski definition) is 9. The van der Waals surface area contributed by atoms with Gasteiger partial charge in [-0.15, -0.1) is 11.3 Å². The number of unbranched alkanes of at least 4 members (excludes halogenated alkanes) is 1. The third-order valence-corrected chi connectivity index (χ3v) is 5.70. The Morgan fingerprint density at radius 2 is 1.90 bits per heavy atom. The SMILES string of the molecule is CCCCOC(=O)c1cccc(Nc2ncnc3sc(C(=O)OCCOC)c(C)c23)c1. The first-order valence-corrected chi connectivity index (χ1v) is 10.8. The second-order valence-corrected chi connectivity index (χ2v) is 7.78. The molecule has 9 heteroatoms. The van der Waals surface area contributed by atoms with Crippen molar-refractivity contribution in [2.45, 2.75) is 26.7 Å². The van der Waals surface area contributed by atoms with Gasteiger partial charge in [0.2, 0.25) is 0 Å². The summed E-state index contributed by atoms with van der Waals surface area (Å²) in [6.45, 7) is 4.79. The van der Waals surface area contributed by atoms with Gasteiger partial charge in [0, 0.05) is 12.8 Å². The molecular formula is C22H25N3O5S. The van der Waals surface area contributed by atoms with Gasteiger partial charge in [0.1, 0.15) is 28.5 Å². The molecule has 0 fully saturated rings. The fraction of sp³-hybridized carbons (Fsp3) is 0.364. The monoisotopic (exact) mass is 443 g/mol. The minimum atomic E-state index is -0.416. The van der Waals surface area contributed by atoms with Crippen LogP contribution in [0.25, 0.3) is 10.2 Å². The zero-order valence-corrected chi connectivity index (χ0v) is 18.6. The van der Waals surface area contributed by atoms with E-state index in [0.29, 0.717) is 40.0 Å². The molecule has 0 saturated carbocycles. The Labute approximate surface area is 184 Å². The Hall–Kier alpha value is -3.04. The molecule has 0 radical (unpaired) electrons. The molecule has 0 bridgehead atoms. The fourth-order valence-corrected chi connectivity index (χ4v) is 3.94. The summed E-state index contributed by atoms with van der Waals surface area (Å²) in [7, 11) is 1.55. The molecule has 3 rings (SSSR count). The number of ether oxygens (including phenoxy) is 3. The summed E-state index contributed by atoms with van der Waals surface area (Å²) in [5, 5.41) is 3.97. The van der Waals surface area contributed by atoms with Crippen molar-refractivity contribution in [3.8, 4) is 0 Å². The summed E-state index contributed by atoms with van der Waals surface area (Å²) in [5.41, 5.74) is 1.87. The van der Waals surface area contributed by atoms with Crippen molar-refractivity contribution in [2.75, 3.05) is 32.2 Å². The van der Waals surface area contributed by atoms with Crippen molar-refractivity contribution in [1.29, 1.82) is 0 Å². The Bertz CT molecular complexity index is 1070. The highest BCUT2D eigenvalue weighted by Crippen LogP contribution is 2.34. The summed E-state index contributed by atoms with van der Waals surface area (Å²) >= 11 is 1.25. The summed E-state index contributed by atoms with van der Waals surface area (Å²) in [4.78, 5) is 34.4. The van der Waals surface area contributed by atoms with Crippen LogP contribution in [-0.4, -0.2) is 48.8 Å². The maximum atomic E-state index is 12.4. The van der Waals surface area contributed by atoms with Gasteiger partial charge >= 0.3 is 11.9 Å². The van der Waals surface area contributed by atoms with E-state index >= 15 is 0 Å². The lowest BCUT2D eigenvalue weighted by Crippen LogP contribution is -2.09. The number of nitrogens with zero attached hydrogens (tertiary/aromatic N) is 2. The number of rotatable bonds is 10. The first-order valence-electron chi connectivity index (χ1n) is 9.99. The zero-order chi connectivity index (χ0) is 22.2. The largest absolute Gasteiger partial charge is 0.462 e. The number of methoxy groups -OCH3 is 1. The molecule has 0 aliphatic carbocycles. The first kappa shape index (κ1) is 22.6. The second-order valence-electron chi connectivity index (χ2n) is 6.78. The third kappa shape index (κ3) is 5.56. The smallest absolute Gasteiger partial charge is 0.348 e. The van der Waals surface area contributed by atoms with E-state index in [1.807, 2.05) is 19.9 Å². The van der Waals surface area contributed by atoms with Crippen LogP contribution in [0.5, 0.6) is 0 Å². The molecule has 0 saturated heterocycles. The lowest BCUT2D eigenvalue weighted by molar-refractivity contribution is 0.0392. The number of aryl methyl sites for hydroxylation is 1. The number of benzene rings is 1. The van der Waals surface area contributed by atoms with Gasteiger partial charge < -0.3 is 19.5 Å². The van der Waals surface area contributed by atoms with E-state index in [1.165, 1.54) is 17.7 Å². The van der Waals surface area contributed by atoms with E-state index in [1.54, 1.807) is 25.3 Å².